The van der Waals surface area contributed by atoms with Gasteiger partial charge in [0.15, 0.2) is 0 Å². The number of fused-ring (bicyclic) bond motifs is 3. The Morgan fingerprint density at radius 1 is 1.12 bits per heavy atom. The molecule has 0 spiro atoms. The Bertz CT molecular complexity index is 900. The first-order chi connectivity index (χ1) is 11.2. The van der Waals surface area contributed by atoms with E-state index in [1.807, 2.05) is 6.07 Å². The highest BCUT2D eigenvalue weighted by molar-refractivity contribution is 7.85. The van der Waals surface area contributed by atoms with E-state index in [1.165, 1.54) is 16.3 Å². The van der Waals surface area contributed by atoms with Gasteiger partial charge in [-0.2, -0.15) is 8.42 Å². The van der Waals surface area contributed by atoms with E-state index in [2.05, 4.69) is 55.7 Å². The van der Waals surface area contributed by atoms with Crippen LogP contribution in [0.5, 0.6) is 0 Å². The standard InChI is InChI=1S/C19H23NO3S/c1-14-19(2,3)18-16-9-5-4-8-15(16)10-11-17(18)20(14)12-6-7-13-24(21,22)23/h4-5,8-11H,1,6-7,12-13H2,2-3H3,(H,21,22,23). The zero-order valence-corrected chi connectivity index (χ0v) is 14.9. The number of hydrogen-bond acceptors (Lipinski definition) is 3. The number of rotatable bonds is 5. The van der Waals surface area contributed by atoms with Crippen molar-refractivity contribution in [1.29, 1.82) is 0 Å². The highest BCUT2D eigenvalue weighted by atomic mass is 32.2. The van der Waals surface area contributed by atoms with Crippen LogP contribution in [0.1, 0.15) is 32.3 Å². The van der Waals surface area contributed by atoms with Gasteiger partial charge in [0, 0.05) is 23.3 Å². The SMILES string of the molecule is C=C1N(CCCCS(=O)(=O)O)c2ccc3ccccc3c2C1(C)C. The predicted octanol–water partition coefficient (Wildman–Crippen LogP) is 4.12. The van der Waals surface area contributed by atoms with E-state index < -0.39 is 10.1 Å². The van der Waals surface area contributed by atoms with E-state index in [0.717, 1.165) is 11.4 Å². The maximum atomic E-state index is 10.9. The van der Waals surface area contributed by atoms with Crippen LogP contribution in [0.4, 0.5) is 5.69 Å². The van der Waals surface area contributed by atoms with E-state index in [9.17, 15) is 8.42 Å². The molecule has 2 aromatic rings. The van der Waals surface area contributed by atoms with Crippen molar-refractivity contribution in [2.75, 3.05) is 17.2 Å². The second-order valence-corrected chi connectivity index (χ2v) is 8.47. The molecule has 0 aromatic heterocycles. The van der Waals surface area contributed by atoms with Crippen molar-refractivity contribution >= 4 is 26.6 Å². The van der Waals surface area contributed by atoms with Gasteiger partial charge in [-0.15, -0.1) is 0 Å². The van der Waals surface area contributed by atoms with Crippen molar-refractivity contribution in [2.24, 2.45) is 0 Å². The van der Waals surface area contributed by atoms with Gasteiger partial charge >= 0.3 is 0 Å². The fourth-order valence-corrected chi connectivity index (χ4v) is 4.15. The molecule has 1 N–H and O–H groups in total. The summed E-state index contributed by atoms with van der Waals surface area (Å²) in [6.07, 6.45) is 1.12. The number of anilines is 1. The van der Waals surface area contributed by atoms with Crippen molar-refractivity contribution in [3.05, 3.63) is 54.2 Å². The van der Waals surface area contributed by atoms with E-state index in [0.29, 0.717) is 19.4 Å². The summed E-state index contributed by atoms with van der Waals surface area (Å²) in [6, 6.07) is 12.6. The van der Waals surface area contributed by atoms with Crippen molar-refractivity contribution in [2.45, 2.75) is 32.1 Å². The summed E-state index contributed by atoms with van der Waals surface area (Å²) >= 11 is 0. The third-order valence-electron chi connectivity index (χ3n) is 4.90. The molecule has 0 bridgehead atoms. The van der Waals surface area contributed by atoms with Crippen LogP contribution in [-0.2, 0) is 15.5 Å². The van der Waals surface area contributed by atoms with E-state index >= 15 is 0 Å². The average molecular weight is 345 g/mol. The van der Waals surface area contributed by atoms with Gasteiger partial charge in [0.1, 0.15) is 0 Å². The molecule has 0 aliphatic carbocycles. The minimum Gasteiger partial charge on any atom is -0.345 e. The van der Waals surface area contributed by atoms with Gasteiger partial charge in [0.05, 0.1) is 5.75 Å². The van der Waals surface area contributed by atoms with Gasteiger partial charge in [-0.1, -0.05) is 50.8 Å². The fourth-order valence-electron chi connectivity index (χ4n) is 3.58. The predicted molar refractivity (Wildman–Crippen MR) is 99.1 cm³/mol. The van der Waals surface area contributed by atoms with Crippen LogP contribution >= 0.6 is 0 Å². The first kappa shape index (κ1) is 17.0. The zero-order valence-electron chi connectivity index (χ0n) is 14.1. The quantitative estimate of drug-likeness (QED) is 0.654. The molecule has 2 aromatic carbocycles. The Balaban J connectivity index is 1.92. The van der Waals surface area contributed by atoms with Crippen LogP contribution in [0, 0.1) is 0 Å². The number of allylic oxidation sites excluding steroid dienone is 1. The molecule has 0 fully saturated rings. The summed E-state index contributed by atoms with van der Waals surface area (Å²) in [4.78, 5) is 2.19. The minimum atomic E-state index is -3.89. The molecule has 3 rings (SSSR count). The average Bonchev–Trinajstić information content (AvgIpc) is 2.71. The van der Waals surface area contributed by atoms with Crippen molar-refractivity contribution in [3.63, 3.8) is 0 Å². The van der Waals surface area contributed by atoms with Crippen molar-refractivity contribution in [1.82, 2.24) is 0 Å². The third-order valence-corrected chi connectivity index (χ3v) is 5.71. The number of hydrogen-bond donors (Lipinski definition) is 1. The lowest BCUT2D eigenvalue weighted by Gasteiger charge is -2.26. The molecule has 0 saturated heterocycles. The van der Waals surface area contributed by atoms with E-state index in [1.54, 1.807) is 0 Å². The number of nitrogens with zero attached hydrogens (tertiary/aromatic N) is 1. The summed E-state index contributed by atoms with van der Waals surface area (Å²) in [5, 5.41) is 2.45. The van der Waals surface area contributed by atoms with Crippen LogP contribution in [0.2, 0.25) is 0 Å². The van der Waals surface area contributed by atoms with Gasteiger partial charge in [-0.05, 0) is 35.2 Å². The Hall–Kier alpha value is -1.85. The number of unbranched alkanes of at least 4 members (excludes halogenated alkanes) is 1. The van der Waals surface area contributed by atoms with Gasteiger partial charge < -0.3 is 4.90 Å². The molecule has 1 heterocycles. The first-order valence-corrected chi connectivity index (χ1v) is 9.77. The maximum absolute atomic E-state index is 10.9. The second kappa shape index (κ2) is 5.90. The summed E-state index contributed by atoms with van der Waals surface area (Å²) in [5.74, 6) is -0.193. The summed E-state index contributed by atoms with van der Waals surface area (Å²) in [6.45, 7) is 9.35. The molecule has 4 nitrogen and oxygen atoms in total. The Labute approximate surface area is 143 Å². The molecule has 128 valence electrons. The molecule has 0 saturated carbocycles. The Morgan fingerprint density at radius 3 is 2.54 bits per heavy atom. The summed E-state index contributed by atoms with van der Waals surface area (Å²) in [5.41, 5.74) is 3.29. The number of benzene rings is 2. The highest BCUT2D eigenvalue weighted by Gasteiger charge is 2.39. The highest BCUT2D eigenvalue weighted by Crippen LogP contribution is 2.49. The minimum absolute atomic E-state index is 0.167. The second-order valence-electron chi connectivity index (χ2n) is 6.90. The fraction of sp³-hybridized carbons (Fsp3) is 0.368. The lowest BCUT2D eigenvalue weighted by atomic mass is 9.82. The van der Waals surface area contributed by atoms with E-state index in [-0.39, 0.29) is 11.2 Å². The summed E-state index contributed by atoms with van der Waals surface area (Å²) < 4.78 is 30.6. The topological polar surface area (TPSA) is 57.6 Å². The lowest BCUT2D eigenvalue weighted by Crippen LogP contribution is -2.26. The maximum Gasteiger partial charge on any atom is 0.264 e. The lowest BCUT2D eigenvalue weighted by molar-refractivity contribution is 0.480. The van der Waals surface area contributed by atoms with Crippen molar-refractivity contribution < 1.29 is 13.0 Å². The molecule has 5 heteroatoms. The molecule has 0 radical (unpaired) electrons. The molecule has 0 atom stereocenters. The third kappa shape index (κ3) is 2.94. The molecular formula is C19H23NO3S. The van der Waals surface area contributed by atoms with Gasteiger partial charge in [0.25, 0.3) is 10.1 Å². The smallest absolute Gasteiger partial charge is 0.264 e. The monoisotopic (exact) mass is 345 g/mol. The van der Waals surface area contributed by atoms with Crippen LogP contribution in [0.3, 0.4) is 0 Å². The van der Waals surface area contributed by atoms with Crippen LogP contribution in [-0.4, -0.2) is 25.3 Å². The molecule has 1 aliphatic heterocycles. The van der Waals surface area contributed by atoms with Crippen LogP contribution in [0.15, 0.2) is 48.7 Å². The largest absolute Gasteiger partial charge is 0.345 e. The molecule has 24 heavy (non-hydrogen) atoms. The molecule has 1 aliphatic rings. The first-order valence-electron chi connectivity index (χ1n) is 8.16. The Kier molecular flexibility index (Phi) is 4.18. The normalized spacial score (nSPS) is 16.6. The van der Waals surface area contributed by atoms with Gasteiger partial charge in [-0.25, -0.2) is 0 Å². The van der Waals surface area contributed by atoms with Crippen molar-refractivity contribution in [3.8, 4) is 0 Å². The van der Waals surface area contributed by atoms with Crippen LogP contribution < -0.4 is 4.90 Å². The Morgan fingerprint density at radius 2 is 1.83 bits per heavy atom. The van der Waals surface area contributed by atoms with Gasteiger partial charge in [-0.3, -0.25) is 4.55 Å². The van der Waals surface area contributed by atoms with Crippen LogP contribution in [0.25, 0.3) is 10.8 Å². The van der Waals surface area contributed by atoms with Gasteiger partial charge in [0.2, 0.25) is 0 Å². The zero-order chi connectivity index (χ0) is 17.5. The van der Waals surface area contributed by atoms with E-state index in [4.69, 9.17) is 4.55 Å². The molecule has 0 amide bonds. The molecular weight excluding hydrogens is 322 g/mol. The molecule has 0 unspecified atom stereocenters. The summed E-state index contributed by atoms with van der Waals surface area (Å²) in [7, 11) is -3.89.